The normalized spacial score (nSPS) is 10.8. The van der Waals surface area contributed by atoms with Gasteiger partial charge in [-0.1, -0.05) is 0 Å². The molecule has 0 aliphatic rings. The summed E-state index contributed by atoms with van der Waals surface area (Å²) in [6.45, 7) is 6.64. The van der Waals surface area contributed by atoms with E-state index in [-0.39, 0.29) is 0 Å². The zero-order chi connectivity index (χ0) is 12.6. The van der Waals surface area contributed by atoms with Gasteiger partial charge in [0.2, 0.25) is 0 Å². The molecule has 0 saturated heterocycles. The monoisotopic (exact) mass is 249 g/mol. The molecule has 0 aromatic carbocycles. The molecule has 17 heavy (non-hydrogen) atoms. The van der Waals surface area contributed by atoms with Crippen LogP contribution in [0.1, 0.15) is 32.9 Å². The maximum atomic E-state index is 11.0. The summed E-state index contributed by atoms with van der Waals surface area (Å²) in [6.07, 6.45) is 0. The van der Waals surface area contributed by atoms with Crippen molar-refractivity contribution in [3.63, 3.8) is 0 Å². The number of aromatic nitrogens is 1. The Labute approximate surface area is 104 Å². The standard InChI is InChI=1S/C13H15NO2S/c1-8-6-17-7-11(8)5-14-9(2)4-12(10(14)3)13(15)16/h4,6-7H,5H2,1-3H3,(H,15,16). The largest absolute Gasteiger partial charge is 0.478 e. The number of hydrogen-bond donors (Lipinski definition) is 1. The molecule has 3 nitrogen and oxygen atoms in total. The minimum atomic E-state index is -0.855. The van der Waals surface area contributed by atoms with Gasteiger partial charge in [-0.2, -0.15) is 11.3 Å². The molecule has 2 aromatic heterocycles. The van der Waals surface area contributed by atoms with Gasteiger partial charge < -0.3 is 9.67 Å². The molecule has 0 saturated carbocycles. The Kier molecular flexibility index (Phi) is 3.07. The number of hydrogen-bond acceptors (Lipinski definition) is 2. The van der Waals surface area contributed by atoms with Crippen molar-refractivity contribution in [2.75, 3.05) is 0 Å². The molecule has 0 amide bonds. The van der Waals surface area contributed by atoms with Crippen LogP contribution in [0, 0.1) is 20.8 Å². The zero-order valence-electron chi connectivity index (χ0n) is 10.2. The Morgan fingerprint density at radius 2 is 2.06 bits per heavy atom. The molecule has 0 radical (unpaired) electrons. The lowest BCUT2D eigenvalue weighted by molar-refractivity contribution is 0.0696. The van der Waals surface area contributed by atoms with Crippen LogP contribution in [0.5, 0.6) is 0 Å². The highest BCUT2D eigenvalue weighted by Gasteiger charge is 2.15. The van der Waals surface area contributed by atoms with E-state index in [2.05, 4.69) is 22.3 Å². The van der Waals surface area contributed by atoms with Gasteiger partial charge in [-0.05, 0) is 48.7 Å². The van der Waals surface area contributed by atoms with Crippen molar-refractivity contribution >= 4 is 17.3 Å². The third-order valence-electron chi connectivity index (χ3n) is 3.09. The van der Waals surface area contributed by atoms with Crippen molar-refractivity contribution in [2.45, 2.75) is 27.3 Å². The number of aryl methyl sites for hydroxylation is 2. The molecule has 0 atom stereocenters. The van der Waals surface area contributed by atoms with E-state index in [0.717, 1.165) is 17.9 Å². The lowest BCUT2D eigenvalue weighted by Gasteiger charge is -2.09. The van der Waals surface area contributed by atoms with Gasteiger partial charge in [-0.15, -0.1) is 0 Å². The Morgan fingerprint density at radius 3 is 2.53 bits per heavy atom. The van der Waals surface area contributed by atoms with Gasteiger partial charge in [-0.3, -0.25) is 0 Å². The number of nitrogens with zero attached hydrogens (tertiary/aromatic N) is 1. The number of carboxylic acids is 1. The minimum absolute atomic E-state index is 0.399. The van der Waals surface area contributed by atoms with Crippen molar-refractivity contribution in [3.05, 3.63) is 44.9 Å². The quantitative estimate of drug-likeness (QED) is 0.907. The first-order valence-corrected chi connectivity index (χ1v) is 6.36. The molecular formula is C13H15NO2S. The van der Waals surface area contributed by atoms with Crippen molar-refractivity contribution < 1.29 is 9.90 Å². The van der Waals surface area contributed by atoms with Crippen LogP contribution in [0.3, 0.4) is 0 Å². The number of carboxylic acid groups (broad SMARTS) is 1. The molecule has 2 heterocycles. The molecule has 0 bridgehead atoms. The van der Waals surface area contributed by atoms with Gasteiger partial charge in [-0.25, -0.2) is 4.79 Å². The molecule has 2 rings (SSSR count). The van der Waals surface area contributed by atoms with Crippen LogP contribution in [0.4, 0.5) is 0 Å². The van der Waals surface area contributed by atoms with Gasteiger partial charge in [0.25, 0.3) is 0 Å². The minimum Gasteiger partial charge on any atom is -0.478 e. The van der Waals surface area contributed by atoms with Crippen LogP contribution in [0.25, 0.3) is 0 Å². The fourth-order valence-electron chi connectivity index (χ4n) is 1.98. The molecule has 2 aromatic rings. The van der Waals surface area contributed by atoms with Gasteiger partial charge in [0, 0.05) is 17.9 Å². The van der Waals surface area contributed by atoms with E-state index in [1.54, 1.807) is 17.4 Å². The second-order valence-electron chi connectivity index (χ2n) is 4.26. The number of aromatic carboxylic acids is 1. The number of carbonyl (C=O) groups is 1. The number of thiophene rings is 1. The van der Waals surface area contributed by atoms with E-state index in [1.165, 1.54) is 11.1 Å². The second-order valence-corrected chi connectivity index (χ2v) is 5.00. The van der Waals surface area contributed by atoms with E-state index in [1.807, 2.05) is 13.8 Å². The predicted octanol–water partition coefficient (Wildman–Crippen LogP) is 3.22. The Bertz CT molecular complexity index is 566. The lowest BCUT2D eigenvalue weighted by Crippen LogP contribution is -2.06. The van der Waals surface area contributed by atoms with Crippen LogP contribution in [0.2, 0.25) is 0 Å². The highest BCUT2D eigenvalue weighted by atomic mass is 32.1. The van der Waals surface area contributed by atoms with E-state index in [4.69, 9.17) is 5.11 Å². The molecule has 0 fully saturated rings. The Balaban J connectivity index is 2.40. The number of rotatable bonds is 3. The van der Waals surface area contributed by atoms with Crippen LogP contribution < -0.4 is 0 Å². The third-order valence-corrected chi connectivity index (χ3v) is 4.00. The van der Waals surface area contributed by atoms with E-state index >= 15 is 0 Å². The first-order chi connectivity index (χ1) is 8.00. The highest BCUT2D eigenvalue weighted by Crippen LogP contribution is 2.20. The maximum Gasteiger partial charge on any atom is 0.337 e. The van der Waals surface area contributed by atoms with Gasteiger partial charge in [0.15, 0.2) is 0 Å². The summed E-state index contributed by atoms with van der Waals surface area (Å²) >= 11 is 1.68. The SMILES string of the molecule is Cc1cscc1Cn1c(C)cc(C(=O)O)c1C. The second kappa shape index (κ2) is 4.37. The summed E-state index contributed by atoms with van der Waals surface area (Å²) in [5, 5.41) is 13.3. The molecular weight excluding hydrogens is 234 g/mol. The highest BCUT2D eigenvalue weighted by molar-refractivity contribution is 7.08. The average Bonchev–Trinajstić information content (AvgIpc) is 2.77. The van der Waals surface area contributed by atoms with Crippen LogP contribution >= 0.6 is 11.3 Å². The van der Waals surface area contributed by atoms with Crippen molar-refractivity contribution in [3.8, 4) is 0 Å². The van der Waals surface area contributed by atoms with Gasteiger partial charge in [0.1, 0.15) is 0 Å². The smallest absolute Gasteiger partial charge is 0.337 e. The maximum absolute atomic E-state index is 11.0. The summed E-state index contributed by atoms with van der Waals surface area (Å²) in [6, 6.07) is 1.74. The van der Waals surface area contributed by atoms with Gasteiger partial charge in [0.05, 0.1) is 5.56 Å². The van der Waals surface area contributed by atoms with Crippen LogP contribution in [-0.2, 0) is 6.54 Å². The fraction of sp³-hybridized carbons (Fsp3) is 0.308. The predicted molar refractivity (Wildman–Crippen MR) is 69.0 cm³/mol. The Morgan fingerprint density at radius 1 is 1.35 bits per heavy atom. The summed E-state index contributed by atoms with van der Waals surface area (Å²) < 4.78 is 2.05. The van der Waals surface area contributed by atoms with E-state index in [0.29, 0.717) is 5.56 Å². The van der Waals surface area contributed by atoms with Gasteiger partial charge >= 0.3 is 5.97 Å². The molecule has 90 valence electrons. The average molecular weight is 249 g/mol. The molecule has 0 aliphatic heterocycles. The van der Waals surface area contributed by atoms with E-state index in [9.17, 15) is 4.79 Å². The van der Waals surface area contributed by atoms with E-state index < -0.39 is 5.97 Å². The van der Waals surface area contributed by atoms with Crippen LogP contribution in [-0.4, -0.2) is 15.6 Å². The molecule has 0 spiro atoms. The Hall–Kier alpha value is -1.55. The summed E-state index contributed by atoms with van der Waals surface area (Å²) in [5.41, 5.74) is 4.73. The molecule has 4 heteroatoms. The molecule has 0 aliphatic carbocycles. The van der Waals surface area contributed by atoms with Crippen molar-refractivity contribution in [1.82, 2.24) is 4.57 Å². The summed E-state index contributed by atoms with van der Waals surface area (Å²) in [5.74, 6) is -0.855. The first kappa shape index (κ1) is 11.9. The first-order valence-electron chi connectivity index (χ1n) is 5.42. The van der Waals surface area contributed by atoms with Crippen molar-refractivity contribution in [2.24, 2.45) is 0 Å². The third kappa shape index (κ3) is 2.13. The topological polar surface area (TPSA) is 42.2 Å². The summed E-state index contributed by atoms with van der Waals surface area (Å²) in [4.78, 5) is 11.0. The van der Waals surface area contributed by atoms with Crippen LogP contribution in [0.15, 0.2) is 16.8 Å². The summed E-state index contributed by atoms with van der Waals surface area (Å²) in [7, 11) is 0. The zero-order valence-corrected chi connectivity index (χ0v) is 11.0. The lowest BCUT2D eigenvalue weighted by atomic mass is 10.2. The van der Waals surface area contributed by atoms with Crippen molar-refractivity contribution in [1.29, 1.82) is 0 Å². The molecule has 0 unspecified atom stereocenters. The molecule has 1 N–H and O–H groups in total. The fourth-order valence-corrected chi connectivity index (χ4v) is 2.83.